The number of anilines is 1. The highest BCUT2D eigenvalue weighted by Gasteiger charge is 2.25. The standard InChI is InChI=1S/C15H21ClN2O/c1-3-13-6-4-5-9-18(13)15(19)17-14-10-12(16)8-7-11(14)2/h7-8,10,13H,3-6,9H2,1-2H3,(H,17,19)/t13-/m0/s1. The van der Waals surface area contributed by atoms with Gasteiger partial charge in [-0.3, -0.25) is 0 Å². The quantitative estimate of drug-likeness (QED) is 0.853. The number of rotatable bonds is 2. The highest BCUT2D eigenvalue weighted by molar-refractivity contribution is 6.31. The van der Waals surface area contributed by atoms with Gasteiger partial charge in [0.2, 0.25) is 0 Å². The van der Waals surface area contributed by atoms with Gasteiger partial charge in [0.1, 0.15) is 0 Å². The van der Waals surface area contributed by atoms with Crippen molar-refractivity contribution in [2.24, 2.45) is 0 Å². The third kappa shape index (κ3) is 3.41. The second-order valence-corrected chi connectivity index (χ2v) is 5.58. The van der Waals surface area contributed by atoms with Gasteiger partial charge in [0, 0.05) is 23.3 Å². The summed E-state index contributed by atoms with van der Waals surface area (Å²) < 4.78 is 0. The van der Waals surface area contributed by atoms with Crippen molar-refractivity contribution in [3.63, 3.8) is 0 Å². The van der Waals surface area contributed by atoms with Crippen molar-refractivity contribution in [2.45, 2.75) is 45.6 Å². The second-order valence-electron chi connectivity index (χ2n) is 5.14. The van der Waals surface area contributed by atoms with Crippen LogP contribution in [0.15, 0.2) is 18.2 Å². The van der Waals surface area contributed by atoms with Crippen LogP contribution in [0.3, 0.4) is 0 Å². The fourth-order valence-electron chi connectivity index (χ4n) is 2.61. The molecule has 2 rings (SSSR count). The summed E-state index contributed by atoms with van der Waals surface area (Å²) in [5.74, 6) is 0. The third-order valence-corrected chi connectivity index (χ3v) is 4.04. The van der Waals surface area contributed by atoms with Crippen LogP contribution in [-0.4, -0.2) is 23.5 Å². The molecule has 0 saturated carbocycles. The average Bonchev–Trinajstić information content (AvgIpc) is 2.42. The molecule has 1 fully saturated rings. The Kier molecular flexibility index (Phi) is 4.70. The van der Waals surface area contributed by atoms with E-state index in [1.165, 1.54) is 6.42 Å². The van der Waals surface area contributed by atoms with E-state index in [9.17, 15) is 4.79 Å². The number of urea groups is 1. The van der Waals surface area contributed by atoms with Gasteiger partial charge in [-0.05, 0) is 50.3 Å². The number of carbonyl (C=O) groups is 1. The molecule has 1 aliphatic rings. The largest absolute Gasteiger partial charge is 0.322 e. The maximum Gasteiger partial charge on any atom is 0.322 e. The van der Waals surface area contributed by atoms with Crippen molar-refractivity contribution < 1.29 is 4.79 Å². The highest BCUT2D eigenvalue weighted by atomic mass is 35.5. The van der Waals surface area contributed by atoms with Crippen molar-refractivity contribution in [1.29, 1.82) is 0 Å². The van der Waals surface area contributed by atoms with Crippen LogP contribution in [0, 0.1) is 6.92 Å². The van der Waals surface area contributed by atoms with Crippen molar-refractivity contribution >= 4 is 23.3 Å². The summed E-state index contributed by atoms with van der Waals surface area (Å²) in [6.45, 7) is 4.96. The summed E-state index contributed by atoms with van der Waals surface area (Å²) in [4.78, 5) is 14.3. The first kappa shape index (κ1) is 14.2. The van der Waals surface area contributed by atoms with Crippen molar-refractivity contribution in [1.82, 2.24) is 4.90 Å². The molecule has 104 valence electrons. The number of nitrogens with one attached hydrogen (secondary N) is 1. The number of likely N-dealkylation sites (tertiary alicyclic amines) is 1. The van der Waals surface area contributed by atoms with E-state index in [0.29, 0.717) is 11.1 Å². The van der Waals surface area contributed by atoms with Crippen molar-refractivity contribution in [3.8, 4) is 0 Å². The van der Waals surface area contributed by atoms with Crippen LogP contribution in [0.2, 0.25) is 5.02 Å². The van der Waals surface area contributed by atoms with Gasteiger partial charge in [-0.2, -0.15) is 0 Å². The predicted molar refractivity (Wildman–Crippen MR) is 79.8 cm³/mol. The van der Waals surface area contributed by atoms with Gasteiger partial charge < -0.3 is 10.2 Å². The molecule has 0 aliphatic carbocycles. The fourth-order valence-corrected chi connectivity index (χ4v) is 2.78. The first-order valence-corrected chi connectivity index (χ1v) is 7.33. The van der Waals surface area contributed by atoms with Gasteiger partial charge in [0.05, 0.1) is 0 Å². The summed E-state index contributed by atoms with van der Waals surface area (Å²) in [5, 5.41) is 3.63. The predicted octanol–water partition coefficient (Wildman–Crippen LogP) is 4.44. The number of piperidine rings is 1. The second kappa shape index (κ2) is 6.29. The lowest BCUT2D eigenvalue weighted by Gasteiger charge is -2.35. The summed E-state index contributed by atoms with van der Waals surface area (Å²) in [6.07, 6.45) is 4.44. The molecule has 19 heavy (non-hydrogen) atoms. The Morgan fingerprint density at radius 1 is 1.47 bits per heavy atom. The molecule has 1 atom stereocenters. The van der Waals surface area contributed by atoms with Gasteiger partial charge in [-0.25, -0.2) is 4.79 Å². The Balaban J connectivity index is 2.09. The number of aryl methyl sites for hydroxylation is 1. The molecule has 1 heterocycles. The lowest BCUT2D eigenvalue weighted by Crippen LogP contribution is -2.45. The Hall–Kier alpha value is -1.22. The molecular formula is C15H21ClN2O. The van der Waals surface area contributed by atoms with Crippen molar-refractivity contribution in [2.75, 3.05) is 11.9 Å². The van der Waals surface area contributed by atoms with Crippen LogP contribution >= 0.6 is 11.6 Å². The van der Waals surface area contributed by atoms with E-state index >= 15 is 0 Å². The van der Waals surface area contributed by atoms with E-state index in [1.807, 2.05) is 24.0 Å². The van der Waals surface area contributed by atoms with Crippen molar-refractivity contribution in [3.05, 3.63) is 28.8 Å². The smallest absolute Gasteiger partial charge is 0.322 e. The number of benzene rings is 1. The number of hydrogen-bond donors (Lipinski definition) is 1. The van der Waals surface area contributed by atoms with E-state index in [4.69, 9.17) is 11.6 Å². The molecule has 1 aromatic rings. The minimum atomic E-state index is -0.00285. The van der Waals surface area contributed by atoms with Gasteiger partial charge in [0.25, 0.3) is 0 Å². The molecule has 1 N–H and O–H groups in total. The van der Waals surface area contributed by atoms with Crippen LogP contribution in [0.1, 0.15) is 38.2 Å². The lowest BCUT2D eigenvalue weighted by atomic mass is 10.0. The van der Waals surface area contributed by atoms with Crippen LogP contribution in [-0.2, 0) is 0 Å². The first-order valence-electron chi connectivity index (χ1n) is 6.95. The third-order valence-electron chi connectivity index (χ3n) is 3.80. The maximum absolute atomic E-state index is 12.4. The Morgan fingerprint density at radius 3 is 3.00 bits per heavy atom. The van der Waals surface area contributed by atoms with Gasteiger partial charge in [-0.15, -0.1) is 0 Å². The number of amides is 2. The zero-order valence-corrected chi connectivity index (χ0v) is 12.3. The molecule has 4 heteroatoms. The normalized spacial score (nSPS) is 19.3. The van der Waals surface area contributed by atoms with E-state index in [1.54, 1.807) is 6.07 Å². The molecule has 3 nitrogen and oxygen atoms in total. The van der Waals surface area contributed by atoms with Gasteiger partial charge >= 0.3 is 6.03 Å². The first-order chi connectivity index (χ1) is 9.11. The summed E-state index contributed by atoms with van der Waals surface area (Å²) >= 11 is 5.98. The number of carbonyl (C=O) groups excluding carboxylic acids is 1. The molecule has 1 saturated heterocycles. The Bertz CT molecular complexity index is 461. The summed E-state index contributed by atoms with van der Waals surface area (Å²) in [7, 11) is 0. The van der Waals surface area contributed by atoms with Crippen LogP contribution in [0.4, 0.5) is 10.5 Å². The maximum atomic E-state index is 12.4. The molecule has 0 unspecified atom stereocenters. The van der Waals surface area contributed by atoms with Gasteiger partial charge in [-0.1, -0.05) is 24.6 Å². The van der Waals surface area contributed by atoms with E-state index in [2.05, 4.69) is 12.2 Å². The van der Waals surface area contributed by atoms with Crippen LogP contribution in [0.5, 0.6) is 0 Å². The minimum absolute atomic E-state index is 0.00285. The zero-order valence-electron chi connectivity index (χ0n) is 11.6. The SMILES string of the molecule is CC[C@H]1CCCCN1C(=O)Nc1cc(Cl)ccc1C. The molecule has 1 aromatic carbocycles. The molecule has 0 aromatic heterocycles. The molecule has 0 bridgehead atoms. The Labute approximate surface area is 119 Å². The molecule has 0 spiro atoms. The number of halogens is 1. The average molecular weight is 281 g/mol. The van der Waals surface area contributed by atoms with E-state index < -0.39 is 0 Å². The zero-order chi connectivity index (χ0) is 13.8. The molecule has 0 radical (unpaired) electrons. The summed E-state index contributed by atoms with van der Waals surface area (Å²) in [5.41, 5.74) is 1.83. The van der Waals surface area contributed by atoms with Crippen LogP contribution < -0.4 is 5.32 Å². The number of nitrogens with zero attached hydrogens (tertiary/aromatic N) is 1. The topological polar surface area (TPSA) is 32.3 Å². The molecular weight excluding hydrogens is 260 g/mol. The number of hydrogen-bond acceptors (Lipinski definition) is 1. The van der Waals surface area contributed by atoms with Gasteiger partial charge in [0.15, 0.2) is 0 Å². The fraction of sp³-hybridized carbons (Fsp3) is 0.533. The highest BCUT2D eigenvalue weighted by Crippen LogP contribution is 2.23. The summed E-state index contributed by atoms with van der Waals surface area (Å²) in [6, 6.07) is 5.93. The lowest BCUT2D eigenvalue weighted by molar-refractivity contribution is 0.160. The molecule has 2 amide bonds. The monoisotopic (exact) mass is 280 g/mol. The van der Waals surface area contributed by atoms with E-state index in [0.717, 1.165) is 37.1 Å². The Morgan fingerprint density at radius 2 is 2.26 bits per heavy atom. The molecule has 1 aliphatic heterocycles. The van der Waals surface area contributed by atoms with E-state index in [-0.39, 0.29) is 6.03 Å². The minimum Gasteiger partial charge on any atom is -0.322 e. The van der Waals surface area contributed by atoms with Crippen LogP contribution in [0.25, 0.3) is 0 Å².